The summed E-state index contributed by atoms with van der Waals surface area (Å²) in [6.45, 7) is 4.21. The molecule has 0 aliphatic rings. The van der Waals surface area contributed by atoms with Crippen LogP contribution in [0.15, 0.2) is 24.5 Å². The number of hydrogen-bond acceptors (Lipinski definition) is 7. The summed E-state index contributed by atoms with van der Waals surface area (Å²) < 4.78 is 33.0. The van der Waals surface area contributed by atoms with Gasteiger partial charge in [0.15, 0.2) is 6.10 Å². The second-order valence-corrected chi connectivity index (χ2v) is 14.0. The van der Waals surface area contributed by atoms with Crippen molar-refractivity contribution in [3.05, 3.63) is 24.5 Å². The van der Waals surface area contributed by atoms with Gasteiger partial charge in [-0.25, -0.2) is 4.57 Å². The average molecular weight is 674 g/mol. The van der Waals surface area contributed by atoms with Crippen LogP contribution in [-0.4, -0.2) is 43.3 Å². The van der Waals surface area contributed by atoms with Crippen molar-refractivity contribution in [2.75, 3.05) is 26.4 Å². The zero-order valence-electron chi connectivity index (χ0n) is 29.8. The third kappa shape index (κ3) is 34.2. The number of ether oxygens (including phenoxy) is 2. The van der Waals surface area contributed by atoms with Crippen molar-refractivity contribution in [1.82, 2.24) is 0 Å². The van der Waals surface area contributed by atoms with Crippen LogP contribution in [-0.2, 0) is 27.9 Å². The smallest absolute Gasteiger partial charge is 0.472 e. The highest BCUT2D eigenvalue weighted by Gasteiger charge is 2.25. The number of nitrogens with two attached hydrogens (primary N) is 1. The molecule has 0 aliphatic carbocycles. The van der Waals surface area contributed by atoms with Gasteiger partial charge in [0.05, 0.1) is 19.5 Å². The molecule has 0 rings (SSSR count). The lowest BCUT2D eigenvalue weighted by atomic mass is 10.1. The molecule has 0 amide bonds. The summed E-state index contributed by atoms with van der Waals surface area (Å²) in [5, 5.41) is 0. The summed E-state index contributed by atoms with van der Waals surface area (Å²) in [4.78, 5) is 22.3. The van der Waals surface area contributed by atoms with Crippen LogP contribution in [0.2, 0.25) is 0 Å². The molecule has 0 saturated heterocycles. The van der Waals surface area contributed by atoms with E-state index in [1.54, 1.807) is 6.26 Å². The Morgan fingerprint density at radius 3 is 1.63 bits per heavy atom. The molecule has 0 aromatic rings. The van der Waals surface area contributed by atoms with E-state index in [1.165, 1.54) is 122 Å². The van der Waals surface area contributed by atoms with Gasteiger partial charge in [-0.3, -0.25) is 13.8 Å². The van der Waals surface area contributed by atoms with Gasteiger partial charge in [0.25, 0.3) is 0 Å². The molecule has 0 radical (unpaired) electrons. The Morgan fingerprint density at radius 2 is 1.11 bits per heavy atom. The van der Waals surface area contributed by atoms with Gasteiger partial charge in [-0.1, -0.05) is 135 Å². The molecule has 2 unspecified atom stereocenters. The van der Waals surface area contributed by atoms with Gasteiger partial charge in [-0.05, 0) is 51.0 Å². The molecule has 0 aromatic carbocycles. The molecule has 0 fully saturated rings. The van der Waals surface area contributed by atoms with E-state index in [0.29, 0.717) is 6.42 Å². The number of esters is 1. The van der Waals surface area contributed by atoms with Crippen LogP contribution in [0.4, 0.5) is 0 Å². The van der Waals surface area contributed by atoms with Gasteiger partial charge in [0.2, 0.25) is 0 Å². The third-order valence-corrected chi connectivity index (χ3v) is 8.92. The van der Waals surface area contributed by atoms with Gasteiger partial charge in [-0.15, -0.1) is 0 Å². The maximum atomic E-state index is 12.5. The van der Waals surface area contributed by atoms with Crippen LogP contribution in [0.25, 0.3) is 0 Å². The van der Waals surface area contributed by atoms with Crippen molar-refractivity contribution >= 4 is 13.8 Å². The first-order valence-electron chi connectivity index (χ1n) is 18.9. The number of carbonyl (C=O) groups excluding carboxylic acids is 1. The first-order chi connectivity index (χ1) is 22.4. The summed E-state index contributed by atoms with van der Waals surface area (Å²) in [7, 11) is -4.28. The Hall–Kier alpha value is -1.18. The van der Waals surface area contributed by atoms with E-state index in [9.17, 15) is 14.3 Å². The van der Waals surface area contributed by atoms with E-state index in [4.69, 9.17) is 24.3 Å². The molecule has 8 nitrogen and oxygen atoms in total. The SMILES string of the molecule is CCCCCCC=CCCCCCCCCC=COCC(COP(=O)(O)OCCN)OC(=O)CCCCCCCCCCCCC. The number of allylic oxidation sites excluding steroid dienone is 3. The predicted octanol–water partition coefficient (Wildman–Crippen LogP) is 10.9. The van der Waals surface area contributed by atoms with E-state index in [1.807, 2.05) is 6.08 Å². The van der Waals surface area contributed by atoms with Crippen molar-refractivity contribution in [2.45, 2.75) is 180 Å². The predicted molar refractivity (Wildman–Crippen MR) is 192 cm³/mol. The van der Waals surface area contributed by atoms with E-state index < -0.39 is 13.9 Å². The molecule has 0 saturated carbocycles. The lowest BCUT2D eigenvalue weighted by Crippen LogP contribution is -2.27. The summed E-state index contributed by atoms with van der Waals surface area (Å²) in [6, 6.07) is 0. The lowest BCUT2D eigenvalue weighted by molar-refractivity contribution is -0.153. The maximum absolute atomic E-state index is 12.5. The fraction of sp³-hybridized carbons (Fsp3) is 0.865. The second-order valence-electron chi connectivity index (χ2n) is 12.5. The summed E-state index contributed by atoms with van der Waals surface area (Å²) >= 11 is 0. The monoisotopic (exact) mass is 674 g/mol. The Kier molecular flexibility index (Phi) is 34.2. The average Bonchev–Trinajstić information content (AvgIpc) is 3.04. The topological polar surface area (TPSA) is 117 Å². The summed E-state index contributed by atoms with van der Waals surface area (Å²) in [5.41, 5.74) is 5.34. The standard InChI is InChI=1S/C37H72NO7P/c1-3-5-7-9-11-13-15-16-17-18-19-21-23-25-27-29-32-42-34-36(35-44-46(40,41)43-33-31-38)45-37(39)30-28-26-24-22-20-14-12-10-8-6-4-2/h13,15,29,32,36H,3-12,14,16-28,30-31,33-35,38H2,1-2H3,(H,40,41). The highest BCUT2D eigenvalue weighted by molar-refractivity contribution is 7.47. The number of phosphoric ester groups is 1. The van der Waals surface area contributed by atoms with Crippen molar-refractivity contribution in [1.29, 1.82) is 0 Å². The quantitative estimate of drug-likeness (QED) is 0.0222. The van der Waals surface area contributed by atoms with Gasteiger partial charge in [-0.2, -0.15) is 0 Å². The van der Waals surface area contributed by atoms with E-state index in [0.717, 1.165) is 32.1 Å². The van der Waals surface area contributed by atoms with Gasteiger partial charge in [0.1, 0.15) is 6.61 Å². The van der Waals surface area contributed by atoms with Crippen molar-refractivity contribution in [3.8, 4) is 0 Å². The molecule has 9 heteroatoms. The molecule has 0 aliphatic heterocycles. The Morgan fingerprint density at radius 1 is 0.652 bits per heavy atom. The Bertz CT molecular complexity index is 762. The molecular weight excluding hydrogens is 601 g/mol. The number of carbonyl (C=O) groups is 1. The largest absolute Gasteiger partial charge is 0.498 e. The molecule has 0 spiro atoms. The fourth-order valence-electron chi connectivity index (χ4n) is 5.13. The lowest BCUT2D eigenvalue weighted by Gasteiger charge is -2.19. The fourth-order valence-corrected chi connectivity index (χ4v) is 5.90. The van der Waals surface area contributed by atoms with Crippen molar-refractivity contribution in [3.63, 3.8) is 0 Å². The summed E-state index contributed by atoms with van der Waals surface area (Å²) in [5.74, 6) is -0.355. The molecule has 272 valence electrons. The van der Waals surface area contributed by atoms with Crippen LogP contribution < -0.4 is 5.73 Å². The Balaban J connectivity index is 4.13. The molecule has 0 aromatic heterocycles. The number of rotatable bonds is 36. The molecule has 2 atom stereocenters. The minimum atomic E-state index is -4.28. The molecular formula is C37H72NO7P. The highest BCUT2D eigenvalue weighted by Crippen LogP contribution is 2.43. The minimum Gasteiger partial charge on any atom is -0.498 e. The van der Waals surface area contributed by atoms with Crippen LogP contribution in [0.5, 0.6) is 0 Å². The van der Waals surface area contributed by atoms with Crippen molar-refractivity contribution < 1.29 is 32.8 Å². The number of phosphoric acid groups is 1. The van der Waals surface area contributed by atoms with Gasteiger partial charge >= 0.3 is 13.8 Å². The molecule has 46 heavy (non-hydrogen) atoms. The van der Waals surface area contributed by atoms with Crippen LogP contribution >= 0.6 is 7.82 Å². The molecule has 0 bridgehead atoms. The Labute approximate surface area is 283 Å². The second kappa shape index (κ2) is 35.1. The first kappa shape index (κ1) is 44.8. The van der Waals surface area contributed by atoms with E-state index in [-0.39, 0.29) is 32.3 Å². The van der Waals surface area contributed by atoms with Crippen LogP contribution in [0.3, 0.4) is 0 Å². The number of unbranched alkanes of at least 4 members (excludes halogenated alkanes) is 21. The first-order valence-corrected chi connectivity index (χ1v) is 20.4. The van der Waals surface area contributed by atoms with Crippen LogP contribution in [0.1, 0.15) is 174 Å². The van der Waals surface area contributed by atoms with E-state index >= 15 is 0 Å². The molecule has 3 N–H and O–H groups in total. The zero-order valence-corrected chi connectivity index (χ0v) is 30.7. The normalized spacial score (nSPS) is 13.8. The maximum Gasteiger partial charge on any atom is 0.472 e. The van der Waals surface area contributed by atoms with E-state index in [2.05, 4.69) is 26.0 Å². The van der Waals surface area contributed by atoms with Crippen molar-refractivity contribution in [2.24, 2.45) is 5.73 Å². The number of hydrogen-bond donors (Lipinski definition) is 2. The minimum absolute atomic E-state index is 0.0323. The summed E-state index contributed by atoms with van der Waals surface area (Å²) in [6.07, 6.45) is 37.1. The van der Waals surface area contributed by atoms with Gasteiger partial charge in [0, 0.05) is 13.0 Å². The van der Waals surface area contributed by atoms with Gasteiger partial charge < -0.3 is 20.1 Å². The zero-order chi connectivity index (χ0) is 33.8. The third-order valence-electron chi connectivity index (χ3n) is 7.94. The highest BCUT2D eigenvalue weighted by atomic mass is 31.2. The molecule has 0 heterocycles. The van der Waals surface area contributed by atoms with Crippen LogP contribution in [0, 0.1) is 0 Å².